The summed E-state index contributed by atoms with van der Waals surface area (Å²) in [4.78, 5) is 12.8. The summed E-state index contributed by atoms with van der Waals surface area (Å²) in [6, 6.07) is 3.44. The SMILES string of the molecule is C=CCCOC(=C)/C(F)=C\C(=C/C)OC(=O)C1CCC(c2ccc(C3CCC(C(O)CCC)CC3)c(F)c2F)CC1. The number of allylic oxidation sites excluding steroid dienone is 3. The van der Waals surface area contributed by atoms with E-state index in [4.69, 9.17) is 9.47 Å². The van der Waals surface area contributed by atoms with Crippen molar-refractivity contribution >= 4 is 5.97 Å². The van der Waals surface area contributed by atoms with Crippen LogP contribution in [0.25, 0.3) is 0 Å². The van der Waals surface area contributed by atoms with Gasteiger partial charge in [-0.25, -0.2) is 13.2 Å². The number of hydrogen-bond acceptors (Lipinski definition) is 4. The van der Waals surface area contributed by atoms with Crippen molar-refractivity contribution in [2.24, 2.45) is 11.8 Å². The Morgan fingerprint density at radius 2 is 1.61 bits per heavy atom. The van der Waals surface area contributed by atoms with E-state index in [1.54, 1.807) is 25.1 Å². The molecule has 0 radical (unpaired) electrons. The molecule has 0 amide bonds. The van der Waals surface area contributed by atoms with Crippen molar-refractivity contribution in [1.82, 2.24) is 0 Å². The molecule has 2 aliphatic rings. The highest BCUT2D eigenvalue weighted by molar-refractivity contribution is 5.74. The largest absolute Gasteiger partial charge is 0.491 e. The van der Waals surface area contributed by atoms with Crippen LogP contribution in [0.3, 0.4) is 0 Å². The highest BCUT2D eigenvalue weighted by atomic mass is 19.2. The lowest BCUT2D eigenvalue weighted by molar-refractivity contribution is -0.145. The van der Waals surface area contributed by atoms with E-state index >= 15 is 8.78 Å². The van der Waals surface area contributed by atoms with E-state index in [0.717, 1.165) is 44.6 Å². The Morgan fingerprint density at radius 1 is 1.05 bits per heavy atom. The number of carbonyl (C=O) groups is 1. The normalized spacial score (nSPS) is 24.4. The van der Waals surface area contributed by atoms with E-state index < -0.39 is 29.3 Å². The van der Waals surface area contributed by atoms with Crippen molar-refractivity contribution in [1.29, 1.82) is 0 Å². The highest BCUT2D eigenvalue weighted by Gasteiger charge is 2.33. The number of ether oxygens (including phenoxy) is 2. The van der Waals surface area contributed by atoms with Gasteiger partial charge in [-0.1, -0.05) is 38.1 Å². The average molecular weight is 575 g/mol. The molecule has 41 heavy (non-hydrogen) atoms. The molecular formula is C34H45F3O4. The third-order valence-electron chi connectivity index (χ3n) is 8.62. The van der Waals surface area contributed by atoms with Crippen LogP contribution in [0.15, 0.2) is 60.9 Å². The van der Waals surface area contributed by atoms with Gasteiger partial charge in [-0.05, 0) is 106 Å². The molecule has 0 bridgehead atoms. The van der Waals surface area contributed by atoms with Gasteiger partial charge in [0.25, 0.3) is 0 Å². The summed E-state index contributed by atoms with van der Waals surface area (Å²) in [5.74, 6) is -3.24. The zero-order valence-corrected chi connectivity index (χ0v) is 24.5. The molecule has 0 saturated heterocycles. The summed E-state index contributed by atoms with van der Waals surface area (Å²) in [6.45, 7) is 11.1. The van der Waals surface area contributed by atoms with Gasteiger partial charge in [0.05, 0.1) is 18.6 Å². The number of aliphatic hydroxyl groups is 1. The van der Waals surface area contributed by atoms with Crippen LogP contribution < -0.4 is 0 Å². The molecule has 0 spiro atoms. The second-order valence-corrected chi connectivity index (χ2v) is 11.3. The zero-order chi connectivity index (χ0) is 29.9. The molecule has 3 rings (SSSR count). The van der Waals surface area contributed by atoms with Crippen LogP contribution in [0.1, 0.15) is 107 Å². The molecule has 4 nitrogen and oxygen atoms in total. The lowest BCUT2D eigenvalue weighted by Crippen LogP contribution is -2.25. The topological polar surface area (TPSA) is 55.8 Å². The first kappa shape index (κ1) is 32.7. The van der Waals surface area contributed by atoms with E-state index in [-0.39, 0.29) is 42.0 Å². The summed E-state index contributed by atoms with van der Waals surface area (Å²) < 4.78 is 55.6. The Labute approximate surface area is 243 Å². The molecule has 1 atom stereocenters. The summed E-state index contributed by atoms with van der Waals surface area (Å²) >= 11 is 0. The zero-order valence-electron chi connectivity index (χ0n) is 24.5. The number of hydrogen-bond donors (Lipinski definition) is 1. The lowest BCUT2D eigenvalue weighted by atomic mass is 9.74. The summed E-state index contributed by atoms with van der Waals surface area (Å²) in [6.07, 6.45) is 11.3. The monoisotopic (exact) mass is 574 g/mol. The molecule has 0 aromatic heterocycles. The fourth-order valence-corrected chi connectivity index (χ4v) is 6.11. The molecule has 7 heteroatoms. The predicted octanol–water partition coefficient (Wildman–Crippen LogP) is 9.08. The quantitative estimate of drug-likeness (QED) is 0.0839. The van der Waals surface area contributed by atoms with E-state index in [9.17, 15) is 14.3 Å². The third kappa shape index (κ3) is 8.84. The van der Waals surface area contributed by atoms with Crippen LogP contribution in [0.4, 0.5) is 13.2 Å². The fraction of sp³-hybridized carbons (Fsp3) is 0.559. The van der Waals surface area contributed by atoms with E-state index in [0.29, 0.717) is 43.2 Å². The number of rotatable bonds is 13. The number of esters is 1. The maximum absolute atomic E-state index is 15.3. The molecular weight excluding hydrogens is 529 g/mol. The van der Waals surface area contributed by atoms with Crippen LogP contribution in [-0.4, -0.2) is 23.8 Å². The van der Waals surface area contributed by atoms with Crippen molar-refractivity contribution in [2.45, 2.75) is 102 Å². The van der Waals surface area contributed by atoms with Crippen LogP contribution >= 0.6 is 0 Å². The fourth-order valence-electron chi connectivity index (χ4n) is 6.11. The van der Waals surface area contributed by atoms with Gasteiger partial charge in [-0.15, -0.1) is 6.58 Å². The van der Waals surface area contributed by atoms with E-state index in [1.807, 2.05) is 0 Å². The Kier molecular flexibility index (Phi) is 12.8. The van der Waals surface area contributed by atoms with Crippen molar-refractivity contribution < 1.29 is 32.5 Å². The maximum atomic E-state index is 15.3. The average Bonchev–Trinajstić information content (AvgIpc) is 2.98. The van der Waals surface area contributed by atoms with E-state index in [2.05, 4.69) is 20.1 Å². The van der Waals surface area contributed by atoms with Gasteiger partial charge in [0.15, 0.2) is 17.5 Å². The predicted molar refractivity (Wildman–Crippen MR) is 156 cm³/mol. The molecule has 1 N–H and O–H groups in total. The molecule has 0 heterocycles. The van der Waals surface area contributed by atoms with Crippen LogP contribution in [0.2, 0.25) is 0 Å². The molecule has 2 fully saturated rings. The maximum Gasteiger partial charge on any atom is 0.314 e. The molecule has 0 aliphatic heterocycles. The van der Waals surface area contributed by atoms with Crippen molar-refractivity contribution in [2.75, 3.05) is 6.61 Å². The van der Waals surface area contributed by atoms with Crippen molar-refractivity contribution in [3.8, 4) is 0 Å². The molecule has 1 unspecified atom stereocenters. The van der Waals surface area contributed by atoms with Crippen LogP contribution in [0.5, 0.6) is 0 Å². The second-order valence-electron chi connectivity index (χ2n) is 11.3. The summed E-state index contributed by atoms with van der Waals surface area (Å²) in [5.41, 5.74) is 0.791. The van der Waals surface area contributed by atoms with Gasteiger partial charge in [0, 0.05) is 6.08 Å². The minimum atomic E-state index is -0.783. The highest BCUT2D eigenvalue weighted by Crippen LogP contribution is 2.42. The van der Waals surface area contributed by atoms with Gasteiger partial charge in [-0.3, -0.25) is 4.79 Å². The van der Waals surface area contributed by atoms with Crippen molar-refractivity contribution in [3.63, 3.8) is 0 Å². The standard InChI is InChI=1S/C34H45F3O4/c1-5-8-20-40-22(4)30(35)21-27(7-3)41-34(39)26-16-12-24(13-17-26)29-19-18-28(32(36)33(29)37)23-10-14-25(15-11-23)31(38)9-6-2/h5,7,18-19,21,23-26,31,38H,1,4,6,8-17,20H2,2-3H3/b27-7+,30-21+. The minimum absolute atomic E-state index is 0.0373. The smallest absolute Gasteiger partial charge is 0.314 e. The van der Waals surface area contributed by atoms with Crippen LogP contribution in [0, 0.1) is 23.5 Å². The Morgan fingerprint density at radius 3 is 2.12 bits per heavy atom. The minimum Gasteiger partial charge on any atom is -0.491 e. The van der Waals surface area contributed by atoms with Gasteiger partial charge < -0.3 is 14.6 Å². The second kappa shape index (κ2) is 16.0. The summed E-state index contributed by atoms with van der Waals surface area (Å²) in [7, 11) is 0. The third-order valence-corrected chi connectivity index (χ3v) is 8.62. The van der Waals surface area contributed by atoms with Gasteiger partial charge in [-0.2, -0.15) is 0 Å². The first-order valence-corrected chi connectivity index (χ1v) is 15.0. The van der Waals surface area contributed by atoms with E-state index in [1.165, 1.54) is 6.08 Å². The first-order chi connectivity index (χ1) is 19.7. The molecule has 1 aromatic rings. The van der Waals surface area contributed by atoms with Gasteiger partial charge >= 0.3 is 5.97 Å². The van der Waals surface area contributed by atoms with Crippen LogP contribution in [-0.2, 0) is 14.3 Å². The van der Waals surface area contributed by atoms with Crippen molar-refractivity contribution in [3.05, 3.63) is 83.6 Å². The summed E-state index contributed by atoms with van der Waals surface area (Å²) in [5, 5.41) is 10.3. The number of benzene rings is 1. The number of halogens is 3. The molecule has 1 aromatic carbocycles. The Bertz CT molecular complexity index is 1110. The Balaban J connectivity index is 1.55. The first-order valence-electron chi connectivity index (χ1n) is 15.0. The molecule has 2 aliphatic carbocycles. The lowest BCUT2D eigenvalue weighted by Gasteiger charge is -2.32. The molecule has 226 valence electrons. The Hall–Kier alpha value is -2.80. The van der Waals surface area contributed by atoms with Gasteiger partial charge in [0.1, 0.15) is 11.5 Å². The number of aliphatic hydroxyl groups excluding tert-OH is 1. The number of carbonyl (C=O) groups excluding carboxylic acids is 1. The molecule has 2 saturated carbocycles. The van der Waals surface area contributed by atoms with Gasteiger partial charge in [0.2, 0.25) is 0 Å².